The first-order valence-electron chi connectivity index (χ1n) is 5.50. The van der Waals surface area contributed by atoms with Crippen LogP contribution in [0, 0.1) is 6.92 Å². The highest BCUT2D eigenvalue weighted by Gasteiger charge is 2.19. The Kier molecular flexibility index (Phi) is 3.62. The summed E-state index contributed by atoms with van der Waals surface area (Å²) in [4.78, 5) is 17.8. The minimum Gasteiger partial charge on any atom is -0.508 e. The van der Waals surface area contributed by atoms with Crippen molar-refractivity contribution in [2.45, 2.75) is 6.92 Å². The van der Waals surface area contributed by atoms with Gasteiger partial charge in [0.2, 0.25) is 0 Å². The highest BCUT2D eigenvalue weighted by Crippen LogP contribution is 2.42. The van der Waals surface area contributed by atoms with Crippen molar-refractivity contribution in [3.8, 4) is 22.6 Å². The molecule has 19 heavy (non-hydrogen) atoms. The summed E-state index contributed by atoms with van der Waals surface area (Å²) < 4.78 is 15.6. The van der Waals surface area contributed by atoms with Gasteiger partial charge in [-0.25, -0.2) is 4.57 Å². The van der Waals surface area contributed by atoms with E-state index in [0.717, 1.165) is 5.56 Å². The van der Waals surface area contributed by atoms with Gasteiger partial charge in [-0.05, 0) is 36.8 Å². The SMILES string of the molecule is Cc1ccc(OP(=O)(O)O)c(-c2cccc(O)c2)c1. The van der Waals surface area contributed by atoms with Gasteiger partial charge in [-0.2, -0.15) is 0 Å². The van der Waals surface area contributed by atoms with Gasteiger partial charge in [-0.1, -0.05) is 23.8 Å². The van der Waals surface area contributed by atoms with Crippen LogP contribution in [0.2, 0.25) is 0 Å². The first-order valence-corrected chi connectivity index (χ1v) is 7.03. The molecule has 2 rings (SSSR count). The normalized spacial score (nSPS) is 11.3. The molecule has 0 fully saturated rings. The van der Waals surface area contributed by atoms with E-state index in [1.165, 1.54) is 18.2 Å². The van der Waals surface area contributed by atoms with Crippen LogP contribution in [0.1, 0.15) is 5.56 Å². The summed E-state index contributed by atoms with van der Waals surface area (Å²) in [5.74, 6) is 0.144. The predicted molar refractivity (Wildman–Crippen MR) is 71.0 cm³/mol. The molecule has 0 aliphatic heterocycles. The third-order valence-corrected chi connectivity index (χ3v) is 2.94. The lowest BCUT2D eigenvalue weighted by Crippen LogP contribution is -1.93. The summed E-state index contributed by atoms with van der Waals surface area (Å²) in [5, 5.41) is 9.47. The number of rotatable bonds is 3. The summed E-state index contributed by atoms with van der Waals surface area (Å²) in [7, 11) is -4.62. The van der Waals surface area contributed by atoms with Gasteiger partial charge in [0.05, 0.1) is 0 Å². The largest absolute Gasteiger partial charge is 0.524 e. The lowest BCUT2D eigenvalue weighted by atomic mass is 10.0. The molecule has 0 saturated carbocycles. The second kappa shape index (κ2) is 5.05. The van der Waals surface area contributed by atoms with Crippen LogP contribution in [-0.2, 0) is 4.57 Å². The zero-order valence-electron chi connectivity index (χ0n) is 10.1. The molecule has 0 aliphatic carbocycles. The molecule has 0 radical (unpaired) electrons. The Labute approximate surface area is 110 Å². The van der Waals surface area contributed by atoms with Gasteiger partial charge in [-0.3, -0.25) is 9.79 Å². The van der Waals surface area contributed by atoms with Crippen molar-refractivity contribution in [3.05, 3.63) is 48.0 Å². The van der Waals surface area contributed by atoms with Crippen molar-refractivity contribution < 1.29 is 24.0 Å². The number of phenolic OH excluding ortho intramolecular Hbond substituents is 1. The van der Waals surface area contributed by atoms with Gasteiger partial charge < -0.3 is 9.63 Å². The third-order valence-electron chi connectivity index (χ3n) is 2.51. The molecule has 0 unspecified atom stereocenters. The molecule has 0 saturated heterocycles. The van der Waals surface area contributed by atoms with Crippen LogP contribution in [-0.4, -0.2) is 14.9 Å². The molecule has 2 aromatic rings. The van der Waals surface area contributed by atoms with E-state index in [1.54, 1.807) is 24.3 Å². The van der Waals surface area contributed by atoms with E-state index in [4.69, 9.17) is 9.79 Å². The van der Waals surface area contributed by atoms with Crippen LogP contribution in [0.4, 0.5) is 0 Å². The molecule has 3 N–H and O–H groups in total. The molecular weight excluding hydrogens is 267 g/mol. The second-order valence-electron chi connectivity index (χ2n) is 4.13. The van der Waals surface area contributed by atoms with Gasteiger partial charge >= 0.3 is 7.82 Å². The molecule has 0 amide bonds. The number of phosphoric acid groups is 1. The van der Waals surface area contributed by atoms with Crippen LogP contribution in [0.25, 0.3) is 11.1 Å². The second-order valence-corrected chi connectivity index (χ2v) is 5.30. The number of benzene rings is 2. The minimum absolute atomic E-state index is 0.0705. The van der Waals surface area contributed by atoms with Crippen molar-refractivity contribution in [2.75, 3.05) is 0 Å². The number of hydrogen-bond donors (Lipinski definition) is 3. The van der Waals surface area contributed by atoms with Crippen LogP contribution < -0.4 is 4.52 Å². The van der Waals surface area contributed by atoms with Crippen molar-refractivity contribution in [1.29, 1.82) is 0 Å². The van der Waals surface area contributed by atoms with E-state index in [9.17, 15) is 9.67 Å². The molecular formula is C13H13O5P. The fourth-order valence-electron chi connectivity index (χ4n) is 1.75. The summed E-state index contributed by atoms with van der Waals surface area (Å²) in [5.41, 5.74) is 2.04. The van der Waals surface area contributed by atoms with Crippen LogP contribution in [0.3, 0.4) is 0 Å². The predicted octanol–water partition coefficient (Wildman–Crippen LogP) is 2.84. The Morgan fingerprint density at radius 2 is 1.84 bits per heavy atom. The topological polar surface area (TPSA) is 87.0 Å². The molecule has 5 nitrogen and oxygen atoms in total. The molecule has 0 heterocycles. The maximum atomic E-state index is 11.0. The van der Waals surface area contributed by atoms with Crippen molar-refractivity contribution in [3.63, 3.8) is 0 Å². The van der Waals surface area contributed by atoms with E-state index >= 15 is 0 Å². The fourth-order valence-corrected chi connectivity index (χ4v) is 2.17. The first kappa shape index (κ1) is 13.6. The average molecular weight is 280 g/mol. The molecule has 0 aromatic heterocycles. The number of hydrogen-bond acceptors (Lipinski definition) is 3. The highest BCUT2D eigenvalue weighted by molar-refractivity contribution is 7.46. The van der Waals surface area contributed by atoms with Gasteiger partial charge in [0, 0.05) is 5.56 Å². The molecule has 6 heteroatoms. The van der Waals surface area contributed by atoms with Gasteiger partial charge in [0.1, 0.15) is 11.5 Å². The van der Waals surface area contributed by atoms with Crippen LogP contribution in [0.5, 0.6) is 11.5 Å². The number of phosphoric ester groups is 1. The first-order chi connectivity index (χ1) is 8.85. The Bertz CT molecular complexity index is 647. The van der Waals surface area contributed by atoms with Crippen LogP contribution >= 0.6 is 7.82 Å². The maximum absolute atomic E-state index is 11.0. The fraction of sp³-hybridized carbons (Fsp3) is 0.0769. The van der Waals surface area contributed by atoms with Crippen molar-refractivity contribution in [2.24, 2.45) is 0 Å². The quantitative estimate of drug-likeness (QED) is 0.752. The van der Waals surface area contributed by atoms with E-state index in [0.29, 0.717) is 11.1 Å². The number of phenols is 1. The van der Waals surface area contributed by atoms with Gasteiger partial charge in [-0.15, -0.1) is 0 Å². The standard InChI is InChI=1S/C13H13O5P/c1-9-5-6-13(18-19(15,16)17)12(7-9)10-3-2-4-11(14)8-10/h2-8,14H,1H3,(H2,15,16,17). The van der Waals surface area contributed by atoms with Gasteiger partial charge in [0.25, 0.3) is 0 Å². The minimum atomic E-state index is -4.62. The Morgan fingerprint density at radius 3 is 2.47 bits per heavy atom. The molecule has 100 valence electrons. The number of aromatic hydroxyl groups is 1. The van der Waals surface area contributed by atoms with E-state index in [2.05, 4.69) is 4.52 Å². The maximum Gasteiger partial charge on any atom is 0.524 e. The monoisotopic (exact) mass is 280 g/mol. The van der Waals surface area contributed by atoms with E-state index < -0.39 is 7.82 Å². The van der Waals surface area contributed by atoms with Crippen LogP contribution in [0.15, 0.2) is 42.5 Å². The summed E-state index contributed by atoms with van der Waals surface area (Å²) in [6.07, 6.45) is 0. The molecule has 0 atom stereocenters. The Balaban J connectivity index is 2.55. The lowest BCUT2D eigenvalue weighted by molar-refractivity contribution is 0.283. The van der Waals surface area contributed by atoms with E-state index in [-0.39, 0.29) is 11.5 Å². The average Bonchev–Trinajstić information content (AvgIpc) is 2.30. The number of aryl methyl sites for hydroxylation is 1. The Morgan fingerprint density at radius 1 is 1.11 bits per heavy atom. The molecule has 0 spiro atoms. The zero-order chi connectivity index (χ0) is 14.0. The summed E-state index contributed by atoms with van der Waals surface area (Å²) >= 11 is 0. The highest BCUT2D eigenvalue weighted by atomic mass is 31.2. The Hall–Kier alpha value is -1.81. The van der Waals surface area contributed by atoms with Gasteiger partial charge in [0.15, 0.2) is 0 Å². The molecule has 0 bridgehead atoms. The lowest BCUT2D eigenvalue weighted by Gasteiger charge is -2.13. The smallest absolute Gasteiger partial charge is 0.508 e. The molecule has 0 aliphatic rings. The summed E-state index contributed by atoms with van der Waals surface area (Å²) in [6, 6.07) is 11.3. The third kappa shape index (κ3) is 3.58. The summed E-state index contributed by atoms with van der Waals surface area (Å²) in [6.45, 7) is 1.85. The van der Waals surface area contributed by atoms with E-state index in [1.807, 2.05) is 6.92 Å². The van der Waals surface area contributed by atoms with Crippen molar-refractivity contribution in [1.82, 2.24) is 0 Å². The zero-order valence-corrected chi connectivity index (χ0v) is 11.0. The van der Waals surface area contributed by atoms with Crippen molar-refractivity contribution >= 4 is 7.82 Å². The molecule has 2 aromatic carbocycles.